The van der Waals surface area contributed by atoms with Gasteiger partial charge in [-0.15, -0.1) is 0 Å². The molecule has 2 atom stereocenters. The summed E-state index contributed by atoms with van der Waals surface area (Å²) in [5, 5.41) is 12.6. The number of aliphatic hydroxyl groups is 1. The van der Waals surface area contributed by atoms with Gasteiger partial charge in [-0.2, -0.15) is 0 Å². The first-order valence-corrected chi connectivity index (χ1v) is 5.31. The highest BCUT2D eigenvalue weighted by molar-refractivity contribution is 5.48. The second-order valence-corrected chi connectivity index (χ2v) is 3.63. The first-order chi connectivity index (χ1) is 7.13. The van der Waals surface area contributed by atoms with Crippen LogP contribution in [0.25, 0.3) is 0 Å². The Kier molecular flexibility index (Phi) is 4.43. The zero-order valence-corrected chi connectivity index (χ0v) is 9.53. The van der Waals surface area contributed by atoms with E-state index in [1.165, 1.54) is 0 Å². The van der Waals surface area contributed by atoms with Crippen LogP contribution in [0.4, 0.5) is 5.69 Å². The molecule has 0 spiro atoms. The summed E-state index contributed by atoms with van der Waals surface area (Å²) in [7, 11) is 0. The van der Waals surface area contributed by atoms with E-state index in [4.69, 9.17) is 4.74 Å². The maximum absolute atomic E-state index is 9.36. The van der Waals surface area contributed by atoms with Crippen molar-refractivity contribution < 1.29 is 9.84 Å². The number of anilines is 1. The number of aliphatic hydroxyl groups excluding tert-OH is 1. The van der Waals surface area contributed by atoms with E-state index in [9.17, 15) is 5.11 Å². The molecule has 0 radical (unpaired) electrons. The highest BCUT2D eigenvalue weighted by Gasteiger charge is 2.08. The maximum Gasteiger partial charge on any atom is 0.121 e. The van der Waals surface area contributed by atoms with Crippen molar-refractivity contribution in [3.63, 3.8) is 0 Å². The van der Waals surface area contributed by atoms with Gasteiger partial charge in [-0.25, -0.2) is 0 Å². The minimum Gasteiger partial charge on any atom is -0.494 e. The molecule has 0 saturated carbocycles. The Morgan fingerprint density at radius 3 is 2.73 bits per heavy atom. The largest absolute Gasteiger partial charge is 0.494 e. The van der Waals surface area contributed by atoms with Gasteiger partial charge in [0.1, 0.15) is 5.75 Å². The number of nitrogens with one attached hydrogen (secondary N) is 1. The van der Waals surface area contributed by atoms with Crippen molar-refractivity contribution in [3.8, 4) is 5.75 Å². The summed E-state index contributed by atoms with van der Waals surface area (Å²) in [5.74, 6) is 0.847. The normalized spacial score (nSPS) is 14.4. The first-order valence-electron chi connectivity index (χ1n) is 5.31. The zero-order valence-electron chi connectivity index (χ0n) is 9.53. The van der Waals surface area contributed by atoms with Crippen molar-refractivity contribution in [1.29, 1.82) is 0 Å². The van der Waals surface area contributed by atoms with Crippen LogP contribution in [-0.2, 0) is 0 Å². The smallest absolute Gasteiger partial charge is 0.121 e. The lowest BCUT2D eigenvalue weighted by molar-refractivity contribution is 0.178. The molecule has 1 rings (SSSR count). The van der Waals surface area contributed by atoms with Crippen LogP contribution >= 0.6 is 0 Å². The van der Waals surface area contributed by atoms with E-state index < -0.39 is 0 Å². The van der Waals surface area contributed by atoms with Gasteiger partial charge in [0.05, 0.1) is 12.7 Å². The topological polar surface area (TPSA) is 41.5 Å². The van der Waals surface area contributed by atoms with Gasteiger partial charge in [-0.05, 0) is 32.9 Å². The Bertz CT molecular complexity index is 299. The van der Waals surface area contributed by atoms with E-state index in [1.807, 2.05) is 38.1 Å². The second kappa shape index (κ2) is 5.61. The minimum atomic E-state index is -0.374. The van der Waals surface area contributed by atoms with E-state index >= 15 is 0 Å². The number of hydrogen-bond acceptors (Lipinski definition) is 3. The molecule has 0 amide bonds. The van der Waals surface area contributed by atoms with E-state index in [-0.39, 0.29) is 12.1 Å². The molecular weight excluding hydrogens is 190 g/mol. The molecule has 1 aromatic rings. The molecule has 1 aromatic carbocycles. The standard InChI is InChI=1S/C12H19NO2/c1-4-15-12-7-5-6-11(8-12)13-9(2)10(3)14/h5-10,13-14H,4H2,1-3H3. The lowest BCUT2D eigenvalue weighted by Gasteiger charge is -2.18. The van der Waals surface area contributed by atoms with Crippen LogP contribution in [0.5, 0.6) is 5.75 Å². The van der Waals surface area contributed by atoms with Crippen molar-refractivity contribution >= 4 is 5.69 Å². The van der Waals surface area contributed by atoms with Crippen LogP contribution in [0.1, 0.15) is 20.8 Å². The molecule has 2 unspecified atom stereocenters. The Morgan fingerprint density at radius 2 is 2.13 bits per heavy atom. The average Bonchev–Trinajstić information content (AvgIpc) is 2.18. The second-order valence-electron chi connectivity index (χ2n) is 3.63. The van der Waals surface area contributed by atoms with Crippen LogP contribution in [-0.4, -0.2) is 23.9 Å². The van der Waals surface area contributed by atoms with Crippen LogP contribution < -0.4 is 10.1 Å². The lowest BCUT2D eigenvalue weighted by Crippen LogP contribution is -2.27. The van der Waals surface area contributed by atoms with Gasteiger partial charge < -0.3 is 15.2 Å². The number of rotatable bonds is 5. The third-order valence-electron chi connectivity index (χ3n) is 2.26. The van der Waals surface area contributed by atoms with E-state index in [0.717, 1.165) is 11.4 Å². The predicted octanol–water partition coefficient (Wildman–Crippen LogP) is 2.27. The molecule has 3 nitrogen and oxygen atoms in total. The number of ether oxygens (including phenoxy) is 1. The fourth-order valence-electron chi connectivity index (χ4n) is 1.23. The zero-order chi connectivity index (χ0) is 11.3. The van der Waals surface area contributed by atoms with Gasteiger partial charge in [0.25, 0.3) is 0 Å². The molecule has 0 fully saturated rings. The summed E-state index contributed by atoms with van der Waals surface area (Å²) in [6.45, 7) is 6.33. The van der Waals surface area contributed by atoms with Gasteiger partial charge in [0, 0.05) is 17.8 Å². The van der Waals surface area contributed by atoms with Gasteiger partial charge >= 0.3 is 0 Å². The van der Waals surface area contributed by atoms with Crippen molar-refractivity contribution in [3.05, 3.63) is 24.3 Å². The molecule has 0 aliphatic carbocycles. The Labute approximate surface area is 91.1 Å². The third-order valence-corrected chi connectivity index (χ3v) is 2.26. The molecule has 2 N–H and O–H groups in total. The third kappa shape index (κ3) is 3.80. The molecular formula is C12H19NO2. The molecule has 0 aliphatic rings. The minimum absolute atomic E-state index is 0.0295. The summed E-state index contributed by atoms with van der Waals surface area (Å²) in [5.41, 5.74) is 0.967. The average molecular weight is 209 g/mol. The predicted molar refractivity (Wildman–Crippen MR) is 62.4 cm³/mol. The Hall–Kier alpha value is -1.22. The van der Waals surface area contributed by atoms with Gasteiger partial charge in [0.2, 0.25) is 0 Å². The van der Waals surface area contributed by atoms with E-state index in [0.29, 0.717) is 6.61 Å². The summed E-state index contributed by atoms with van der Waals surface area (Å²) in [6.07, 6.45) is -0.374. The summed E-state index contributed by atoms with van der Waals surface area (Å²) in [4.78, 5) is 0. The summed E-state index contributed by atoms with van der Waals surface area (Å²) in [6, 6.07) is 7.77. The number of benzene rings is 1. The molecule has 0 bridgehead atoms. The molecule has 15 heavy (non-hydrogen) atoms. The van der Waals surface area contributed by atoms with Crippen molar-refractivity contribution in [1.82, 2.24) is 0 Å². The summed E-state index contributed by atoms with van der Waals surface area (Å²) < 4.78 is 5.39. The van der Waals surface area contributed by atoms with E-state index in [1.54, 1.807) is 6.92 Å². The molecule has 3 heteroatoms. The number of hydrogen-bond donors (Lipinski definition) is 2. The molecule has 84 valence electrons. The van der Waals surface area contributed by atoms with Gasteiger partial charge in [-0.3, -0.25) is 0 Å². The van der Waals surface area contributed by atoms with Crippen molar-refractivity contribution in [2.45, 2.75) is 32.9 Å². The van der Waals surface area contributed by atoms with E-state index in [2.05, 4.69) is 5.32 Å². The highest BCUT2D eigenvalue weighted by Crippen LogP contribution is 2.18. The van der Waals surface area contributed by atoms with Crippen molar-refractivity contribution in [2.24, 2.45) is 0 Å². The fraction of sp³-hybridized carbons (Fsp3) is 0.500. The summed E-state index contributed by atoms with van der Waals surface area (Å²) >= 11 is 0. The first kappa shape index (κ1) is 11.9. The van der Waals surface area contributed by atoms with Crippen LogP contribution in [0, 0.1) is 0 Å². The molecule has 0 saturated heterocycles. The van der Waals surface area contributed by atoms with Crippen LogP contribution in [0.3, 0.4) is 0 Å². The van der Waals surface area contributed by atoms with Crippen LogP contribution in [0.2, 0.25) is 0 Å². The maximum atomic E-state index is 9.36. The van der Waals surface area contributed by atoms with Crippen molar-refractivity contribution in [2.75, 3.05) is 11.9 Å². The molecule has 0 aromatic heterocycles. The van der Waals surface area contributed by atoms with Gasteiger partial charge in [-0.1, -0.05) is 6.07 Å². The van der Waals surface area contributed by atoms with Crippen LogP contribution in [0.15, 0.2) is 24.3 Å². The lowest BCUT2D eigenvalue weighted by atomic mass is 10.2. The fourth-order valence-corrected chi connectivity index (χ4v) is 1.23. The highest BCUT2D eigenvalue weighted by atomic mass is 16.5. The quantitative estimate of drug-likeness (QED) is 0.781. The Morgan fingerprint density at radius 1 is 1.40 bits per heavy atom. The van der Waals surface area contributed by atoms with Gasteiger partial charge in [0.15, 0.2) is 0 Å². The monoisotopic (exact) mass is 209 g/mol. The Balaban J connectivity index is 2.64. The molecule has 0 heterocycles. The SMILES string of the molecule is CCOc1cccc(NC(C)C(C)O)c1. The molecule has 0 aliphatic heterocycles.